The molecule has 1 aliphatic rings. The molecule has 0 aliphatic carbocycles. The fraction of sp³-hybridized carbons (Fsp3) is 0.273. The number of benzene rings is 1. The van der Waals surface area contributed by atoms with Crippen LogP contribution in [0, 0.1) is 0 Å². The molecule has 1 aromatic carbocycles. The van der Waals surface area contributed by atoms with Crippen molar-refractivity contribution in [2.75, 3.05) is 13.0 Å². The molecular weight excluding hydrogens is 226 g/mol. The number of hydrogen-bond donors (Lipinski definition) is 1. The average Bonchev–Trinajstić information content (AvgIpc) is 2.75. The Kier molecular flexibility index (Phi) is 3.14. The number of thioether (sulfide) groups is 1. The van der Waals surface area contributed by atoms with Crippen LogP contribution in [0.15, 0.2) is 24.3 Å². The van der Waals surface area contributed by atoms with E-state index in [-0.39, 0.29) is 17.1 Å². The smallest absolute Gasteiger partial charge is 0.337 e. The summed E-state index contributed by atoms with van der Waals surface area (Å²) in [5.74, 6) is 0.299. The van der Waals surface area contributed by atoms with Gasteiger partial charge in [0.15, 0.2) is 0 Å². The number of ether oxygens (including phenoxy) is 1. The molecule has 84 valence electrons. The second-order valence-corrected chi connectivity index (χ2v) is 4.44. The van der Waals surface area contributed by atoms with E-state index >= 15 is 0 Å². The van der Waals surface area contributed by atoms with Crippen LogP contribution >= 0.6 is 11.8 Å². The van der Waals surface area contributed by atoms with Crippen molar-refractivity contribution in [3.63, 3.8) is 0 Å². The van der Waals surface area contributed by atoms with Gasteiger partial charge in [-0.3, -0.25) is 4.79 Å². The molecule has 0 aromatic heterocycles. The molecule has 1 N–H and O–H groups in total. The number of carbonyl (C=O) groups excluding carboxylic acids is 2. The predicted octanol–water partition coefficient (Wildman–Crippen LogP) is 1.33. The Balaban J connectivity index is 2.19. The summed E-state index contributed by atoms with van der Waals surface area (Å²) < 4.78 is 4.60. The van der Waals surface area contributed by atoms with Gasteiger partial charge in [-0.05, 0) is 17.7 Å². The van der Waals surface area contributed by atoms with Crippen LogP contribution in [0.4, 0.5) is 0 Å². The number of hydrogen-bond acceptors (Lipinski definition) is 4. The molecule has 1 fully saturated rings. The third-order valence-electron chi connectivity index (χ3n) is 2.37. The molecule has 5 heteroatoms. The van der Waals surface area contributed by atoms with Gasteiger partial charge in [0.2, 0.25) is 5.91 Å². The van der Waals surface area contributed by atoms with Crippen LogP contribution in [-0.2, 0) is 9.53 Å². The predicted molar refractivity (Wildman–Crippen MR) is 61.1 cm³/mol. The molecule has 1 heterocycles. The maximum absolute atomic E-state index is 11.4. The Morgan fingerprint density at radius 2 is 2.12 bits per heavy atom. The third-order valence-corrected chi connectivity index (χ3v) is 3.50. The molecule has 2 rings (SSSR count). The van der Waals surface area contributed by atoms with Gasteiger partial charge in [0.1, 0.15) is 5.25 Å². The van der Waals surface area contributed by atoms with E-state index in [1.807, 2.05) is 0 Å². The highest BCUT2D eigenvalue weighted by atomic mass is 32.2. The van der Waals surface area contributed by atoms with Crippen molar-refractivity contribution < 1.29 is 14.3 Å². The zero-order valence-electron chi connectivity index (χ0n) is 8.73. The number of rotatable bonds is 2. The van der Waals surface area contributed by atoms with Gasteiger partial charge in [0.25, 0.3) is 0 Å². The third kappa shape index (κ3) is 2.04. The number of methoxy groups -OCH3 is 1. The van der Waals surface area contributed by atoms with Gasteiger partial charge in [-0.15, -0.1) is 11.8 Å². The second-order valence-electron chi connectivity index (χ2n) is 3.35. The van der Waals surface area contributed by atoms with Crippen molar-refractivity contribution in [1.82, 2.24) is 5.32 Å². The summed E-state index contributed by atoms with van der Waals surface area (Å²) in [4.78, 5) is 22.6. The lowest BCUT2D eigenvalue weighted by Gasteiger charge is -2.06. The average molecular weight is 237 g/mol. The molecule has 1 amide bonds. The summed E-state index contributed by atoms with van der Waals surface area (Å²) in [7, 11) is 1.34. The summed E-state index contributed by atoms with van der Waals surface area (Å²) in [5.41, 5.74) is 1.40. The molecule has 0 bridgehead atoms. The van der Waals surface area contributed by atoms with Crippen LogP contribution in [0.1, 0.15) is 21.2 Å². The number of carbonyl (C=O) groups is 2. The second kappa shape index (κ2) is 4.57. The van der Waals surface area contributed by atoms with E-state index in [1.165, 1.54) is 7.11 Å². The maximum atomic E-state index is 11.4. The summed E-state index contributed by atoms with van der Waals surface area (Å²) >= 11 is 1.55. The van der Waals surface area contributed by atoms with Gasteiger partial charge >= 0.3 is 5.97 Å². The Hall–Kier alpha value is -1.49. The molecule has 1 atom stereocenters. The molecule has 1 aliphatic heterocycles. The van der Waals surface area contributed by atoms with Crippen LogP contribution < -0.4 is 5.32 Å². The van der Waals surface area contributed by atoms with Crippen molar-refractivity contribution in [1.29, 1.82) is 0 Å². The molecule has 0 radical (unpaired) electrons. The molecule has 0 spiro atoms. The first-order chi connectivity index (χ1) is 7.72. The van der Waals surface area contributed by atoms with Gasteiger partial charge in [-0.1, -0.05) is 12.1 Å². The Bertz CT molecular complexity index is 416. The standard InChI is InChI=1S/C11H11NO3S/c1-15-11(14)8-4-2-7(3-5-8)9-10(13)12-6-16-9/h2-5,9H,6H2,1H3,(H,12,13). The Morgan fingerprint density at radius 3 is 2.62 bits per heavy atom. The van der Waals surface area contributed by atoms with Crippen molar-refractivity contribution in [3.8, 4) is 0 Å². The minimum absolute atomic E-state index is 0.0239. The van der Waals surface area contributed by atoms with Crippen LogP contribution in [0.3, 0.4) is 0 Å². The molecular formula is C11H11NO3S. The highest BCUT2D eigenvalue weighted by molar-refractivity contribution is 8.00. The SMILES string of the molecule is COC(=O)c1ccc(C2SCNC2=O)cc1. The van der Waals surface area contributed by atoms with E-state index in [0.717, 1.165) is 5.56 Å². The van der Waals surface area contributed by atoms with Gasteiger partial charge in [0, 0.05) is 0 Å². The van der Waals surface area contributed by atoms with E-state index in [0.29, 0.717) is 11.4 Å². The van der Waals surface area contributed by atoms with Crippen molar-refractivity contribution >= 4 is 23.6 Å². The molecule has 0 saturated carbocycles. The first-order valence-corrected chi connectivity index (χ1v) is 5.85. The fourth-order valence-electron chi connectivity index (χ4n) is 1.52. The van der Waals surface area contributed by atoms with Crippen molar-refractivity contribution in [3.05, 3.63) is 35.4 Å². The van der Waals surface area contributed by atoms with Gasteiger partial charge in [-0.2, -0.15) is 0 Å². The Morgan fingerprint density at radius 1 is 1.44 bits per heavy atom. The van der Waals surface area contributed by atoms with Gasteiger partial charge in [-0.25, -0.2) is 4.79 Å². The molecule has 1 unspecified atom stereocenters. The first-order valence-electron chi connectivity index (χ1n) is 4.80. The molecule has 1 saturated heterocycles. The lowest BCUT2D eigenvalue weighted by Crippen LogP contribution is -2.17. The fourth-order valence-corrected chi connectivity index (χ4v) is 2.50. The summed E-state index contributed by atoms with van der Waals surface area (Å²) in [6.07, 6.45) is 0. The van der Waals surface area contributed by atoms with E-state index < -0.39 is 0 Å². The topological polar surface area (TPSA) is 55.4 Å². The summed E-state index contributed by atoms with van der Waals surface area (Å²) in [5, 5.41) is 2.59. The van der Waals surface area contributed by atoms with E-state index in [4.69, 9.17) is 0 Å². The van der Waals surface area contributed by atoms with Crippen molar-refractivity contribution in [2.24, 2.45) is 0 Å². The highest BCUT2D eigenvalue weighted by Gasteiger charge is 2.26. The minimum atomic E-state index is -0.366. The van der Waals surface area contributed by atoms with Crippen molar-refractivity contribution in [2.45, 2.75) is 5.25 Å². The van der Waals surface area contributed by atoms with E-state index in [1.54, 1.807) is 36.0 Å². The lowest BCUT2D eigenvalue weighted by molar-refractivity contribution is -0.119. The van der Waals surface area contributed by atoms with Crippen LogP contribution in [0.25, 0.3) is 0 Å². The molecule has 1 aromatic rings. The number of esters is 1. The Labute approximate surface area is 97.4 Å². The minimum Gasteiger partial charge on any atom is -0.465 e. The molecule has 16 heavy (non-hydrogen) atoms. The normalized spacial score (nSPS) is 19.3. The van der Waals surface area contributed by atoms with E-state index in [2.05, 4.69) is 10.1 Å². The van der Waals surface area contributed by atoms with Crippen LogP contribution in [0.2, 0.25) is 0 Å². The zero-order valence-corrected chi connectivity index (χ0v) is 9.54. The summed E-state index contributed by atoms with van der Waals surface area (Å²) in [6.45, 7) is 0. The van der Waals surface area contributed by atoms with Crippen LogP contribution in [0.5, 0.6) is 0 Å². The zero-order chi connectivity index (χ0) is 11.5. The van der Waals surface area contributed by atoms with E-state index in [9.17, 15) is 9.59 Å². The molecule has 4 nitrogen and oxygen atoms in total. The lowest BCUT2D eigenvalue weighted by atomic mass is 10.1. The quantitative estimate of drug-likeness (QED) is 0.788. The van der Waals surface area contributed by atoms with Gasteiger partial charge in [0.05, 0.1) is 18.6 Å². The maximum Gasteiger partial charge on any atom is 0.337 e. The van der Waals surface area contributed by atoms with Crippen LogP contribution in [-0.4, -0.2) is 24.9 Å². The number of nitrogens with one attached hydrogen (secondary N) is 1. The van der Waals surface area contributed by atoms with Gasteiger partial charge < -0.3 is 10.1 Å². The first kappa shape index (κ1) is 11.0. The number of amides is 1. The summed E-state index contributed by atoms with van der Waals surface area (Å²) in [6, 6.07) is 6.92. The monoisotopic (exact) mass is 237 g/mol. The largest absolute Gasteiger partial charge is 0.465 e. The highest BCUT2D eigenvalue weighted by Crippen LogP contribution is 2.32.